The molecule has 1 aromatic rings. The number of carbonyl (C=O) groups excluding carboxylic acids is 1. The van der Waals surface area contributed by atoms with E-state index in [0.717, 1.165) is 25.2 Å². The summed E-state index contributed by atoms with van der Waals surface area (Å²) >= 11 is 0. The largest absolute Gasteiger partial charge is 0.451 e. The topological polar surface area (TPSA) is 46.1 Å². The Balaban J connectivity index is 2.11. The molecule has 0 aliphatic carbocycles. The van der Waals surface area contributed by atoms with Gasteiger partial charge in [0.1, 0.15) is 0 Å². The van der Waals surface area contributed by atoms with Crippen molar-refractivity contribution in [3.8, 4) is 0 Å². The van der Waals surface area contributed by atoms with Crippen molar-refractivity contribution in [1.29, 1.82) is 0 Å². The van der Waals surface area contributed by atoms with E-state index >= 15 is 0 Å². The van der Waals surface area contributed by atoms with Gasteiger partial charge in [-0.2, -0.15) is 13.2 Å². The van der Waals surface area contributed by atoms with E-state index in [4.69, 9.17) is 0 Å². The van der Waals surface area contributed by atoms with Gasteiger partial charge in [0, 0.05) is 25.5 Å². The lowest BCUT2D eigenvalue weighted by molar-refractivity contribution is -0.145. The number of hydrogen-bond acceptors (Lipinski definition) is 3. The normalized spacial score (nSPS) is 20.1. The van der Waals surface area contributed by atoms with Crippen molar-refractivity contribution in [2.24, 2.45) is 11.3 Å². The molecule has 4 nitrogen and oxygen atoms in total. The fourth-order valence-corrected chi connectivity index (χ4v) is 2.64. The third-order valence-electron chi connectivity index (χ3n) is 4.09. The molecule has 1 aliphatic heterocycles. The quantitative estimate of drug-likeness (QED) is 0.798. The molecule has 7 heteroatoms. The van der Waals surface area contributed by atoms with E-state index in [1.807, 2.05) is 0 Å². The summed E-state index contributed by atoms with van der Waals surface area (Å²) in [6, 6.07) is 0. The summed E-state index contributed by atoms with van der Waals surface area (Å²) in [5, 5.41) is 0. The fraction of sp³-hybridized carbons (Fsp3) is 0.667. The van der Waals surface area contributed by atoms with Crippen molar-refractivity contribution in [3.63, 3.8) is 0 Å². The lowest BCUT2D eigenvalue weighted by Gasteiger charge is -2.39. The monoisotopic (exact) mass is 315 g/mol. The highest BCUT2D eigenvalue weighted by Gasteiger charge is 2.35. The molecular formula is C15H20F3N3O. The first-order valence-corrected chi connectivity index (χ1v) is 7.27. The van der Waals surface area contributed by atoms with Crippen LogP contribution in [-0.4, -0.2) is 33.9 Å². The van der Waals surface area contributed by atoms with E-state index in [1.165, 1.54) is 0 Å². The molecule has 1 atom stereocenters. The van der Waals surface area contributed by atoms with Gasteiger partial charge in [0.15, 0.2) is 0 Å². The predicted octanol–water partition coefficient (Wildman–Crippen LogP) is 3.39. The zero-order valence-electron chi connectivity index (χ0n) is 12.9. The summed E-state index contributed by atoms with van der Waals surface area (Å²) in [5.41, 5.74) is 0.192. The first-order valence-electron chi connectivity index (χ1n) is 7.27. The van der Waals surface area contributed by atoms with Crippen LogP contribution in [0.1, 0.15) is 49.8 Å². The van der Waals surface area contributed by atoms with Crippen molar-refractivity contribution in [1.82, 2.24) is 14.9 Å². The van der Waals surface area contributed by atoms with Gasteiger partial charge in [0.2, 0.25) is 5.82 Å². The number of halogens is 3. The molecule has 1 saturated heterocycles. The molecule has 0 bridgehead atoms. The SMILES string of the molecule is CC(C)(C)[C@H]1CCCN(C(=O)c2cnc(C(F)(F)F)nc2)C1. The van der Waals surface area contributed by atoms with Gasteiger partial charge < -0.3 is 4.90 Å². The van der Waals surface area contributed by atoms with Gasteiger partial charge in [-0.1, -0.05) is 20.8 Å². The van der Waals surface area contributed by atoms with Crippen LogP contribution < -0.4 is 0 Å². The molecule has 1 amide bonds. The zero-order chi connectivity index (χ0) is 16.5. The van der Waals surface area contributed by atoms with Crippen LogP contribution in [0.2, 0.25) is 0 Å². The third kappa shape index (κ3) is 3.75. The molecule has 1 aliphatic rings. The van der Waals surface area contributed by atoms with Gasteiger partial charge in [-0.3, -0.25) is 4.79 Å². The molecule has 0 radical (unpaired) electrons. The maximum Gasteiger partial charge on any atom is 0.451 e. The van der Waals surface area contributed by atoms with Crippen LogP contribution in [0.4, 0.5) is 13.2 Å². The molecule has 2 rings (SSSR count). The zero-order valence-corrected chi connectivity index (χ0v) is 12.9. The number of carbonyl (C=O) groups is 1. The Kier molecular flexibility index (Phi) is 4.44. The molecule has 1 aromatic heterocycles. The van der Waals surface area contributed by atoms with E-state index in [1.54, 1.807) is 4.90 Å². The Bertz CT molecular complexity index is 534. The Morgan fingerprint density at radius 1 is 1.23 bits per heavy atom. The van der Waals surface area contributed by atoms with Crippen molar-refractivity contribution in [3.05, 3.63) is 23.8 Å². The fourth-order valence-electron chi connectivity index (χ4n) is 2.64. The maximum absolute atomic E-state index is 12.4. The molecule has 0 unspecified atom stereocenters. The Morgan fingerprint density at radius 2 is 1.82 bits per heavy atom. The molecule has 0 aromatic carbocycles. The predicted molar refractivity (Wildman–Crippen MR) is 75.1 cm³/mol. The molecule has 2 heterocycles. The number of amides is 1. The van der Waals surface area contributed by atoms with Gasteiger partial charge in [-0.25, -0.2) is 9.97 Å². The highest BCUT2D eigenvalue weighted by molar-refractivity contribution is 5.93. The maximum atomic E-state index is 12.4. The van der Waals surface area contributed by atoms with E-state index in [0.29, 0.717) is 19.0 Å². The van der Waals surface area contributed by atoms with Gasteiger partial charge in [0.05, 0.1) is 5.56 Å². The summed E-state index contributed by atoms with van der Waals surface area (Å²) in [4.78, 5) is 20.6. The molecule has 0 spiro atoms. The van der Waals surface area contributed by atoms with Crippen LogP contribution >= 0.6 is 0 Å². The minimum atomic E-state index is -4.59. The standard InChI is InChI=1S/C15H20F3N3O/c1-14(2,3)11-5-4-6-21(9-11)12(22)10-7-19-13(20-8-10)15(16,17)18/h7-8,11H,4-6,9H2,1-3H3/t11-/m0/s1. The van der Waals surface area contributed by atoms with Crippen LogP contribution in [0.3, 0.4) is 0 Å². The number of hydrogen-bond donors (Lipinski definition) is 0. The van der Waals surface area contributed by atoms with Crippen LogP contribution in [-0.2, 0) is 6.18 Å². The van der Waals surface area contributed by atoms with E-state index < -0.39 is 12.0 Å². The van der Waals surface area contributed by atoms with E-state index in [-0.39, 0.29) is 16.9 Å². The number of alkyl halides is 3. The second kappa shape index (κ2) is 5.85. The summed E-state index contributed by atoms with van der Waals surface area (Å²) in [6.45, 7) is 7.63. The van der Waals surface area contributed by atoms with Crippen LogP contribution in [0, 0.1) is 11.3 Å². The Labute approximate surface area is 127 Å². The highest BCUT2D eigenvalue weighted by Crippen LogP contribution is 2.33. The average molecular weight is 315 g/mol. The van der Waals surface area contributed by atoms with Crippen molar-refractivity contribution >= 4 is 5.91 Å². The minimum absolute atomic E-state index is 0.0928. The summed E-state index contributed by atoms with van der Waals surface area (Å²) in [7, 11) is 0. The van der Waals surface area contributed by atoms with Crippen LogP contribution in [0.15, 0.2) is 12.4 Å². The number of piperidine rings is 1. The molecule has 122 valence electrons. The van der Waals surface area contributed by atoms with E-state index in [2.05, 4.69) is 30.7 Å². The van der Waals surface area contributed by atoms with Gasteiger partial charge in [-0.05, 0) is 24.2 Å². The van der Waals surface area contributed by atoms with Gasteiger partial charge in [0.25, 0.3) is 5.91 Å². The molecule has 22 heavy (non-hydrogen) atoms. The van der Waals surface area contributed by atoms with Crippen LogP contribution in [0.25, 0.3) is 0 Å². The molecular weight excluding hydrogens is 295 g/mol. The lowest BCUT2D eigenvalue weighted by Crippen LogP contribution is -2.43. The van der Waals surface area contributed by atoms with E-state index in [9.17, 15) is 18.0 Å². The van der Waals surface area contributed by atoms with Crippen molar-refractivity contribution in [2.75, 3.05) is 13.1 Å². The number of aromatic nitrogens is 2. The van der Waals surface area contributed by atoms with Crippen LogP contribution in [0.5, 0.6) is 0 Å². The second-order valence-electron chi connectivity index (χ2n) is 6.75. The molecule has 1 fully saturated rings. The average Bonchev–Trinajstić information content (AvgIpc) is 2.45. The summed E-state index contributed by atoms with van der Waals surface area (Å²) in [5.74, 6) is -1.15. The van der Waals surface area contributed by atoms with Crippen molar-refractivity contribution in [2.45, 2.75) is 39.8 Å². The Morgan fingerprint density at radius 3 is 2.32 bits per heavy atom. The summed E-state index contributed by atoms with van der Waals surface area (Å²) < 4.78 is 37.3. The summed E-state index contributed by atoms with van der Waals surface area (Å²) in [6.07, 6.45) is -0.728. The smallest absolute Gasteiger partial charge is 0.338 e. The highest BCUT2D eigenvalue weighted by atomic mass is 19.4. The van der Waals surface area contributed by atoms with Crippen molar-refractivity contribution < 1.29 is 18.0 Å². The minimum Gasteiger partial charge on any atom is -0.338 e. The third-order valence-corrected chi connectivity index (χ3v) is 4.09. The van der Waals surface area contributed by atoms with Gasteiger partial charge in [-0.15, -0.1) is 0 Å². The number of rotatable bonds is 1. The lowest BCUT2D eigenvalue weighted by atomic mass is 9.76. The number of likely N-dealkylation sites (tertiary alicyclic amines) is 1. The van der Waals surface area contributed by atoms with Gasteiger partial charge >= 0.3 is 6.18 Å². The Hall–Kier alpha value is -1.66. The molecule has 0 saturated carbocycles. The molecule has 0 N–H and O–H groups in total. The number of nitrogens with zero attached hydrogens (tertiary/aromatic N) is 3. The first-order chi connectivity index (χ1) is 10.1. The first kappa shape index (κ1) is 16.7. The second-order valence-corrected chi connectivity index (χ2v) is 6.75.